The van der Waals surface area contributed by atoms with Crippen molar-refractivity contribution in [1.82, 2.24) is 15.1 Å². The molecule has 7 heteroatoms. The Morgan fingerprint density at radius 3 is 2.30 bits per heavy atom. The van der Waals surface area contributed by atoms with E-state index in [2.05, 4.69) is 10.2 Å². The third-order valence-corrected chi connectivity index (χ3v) is 4.38. The molecular formula is C16H32N4O3. The highest BCUT2D eigenvalue weighted by Gasteiger charge is 2.30. The minimum absolute atomic E-state index is 0.0105. The van der Waals surface area contributed by atoms with E-state index in [0.29, 0.717) is 39.3 Å². The van der Waals surface area contributed by atoms with Gasteiger partial charge in [-0.1, -0.05) is 13.8 Å². The largest absolute Gasteiger partial charge is 0.385 e. The number of piperazine rings is 1. The van der Waals surface area contributed by atoms with E-state index < -0.39 is 6.04 Å². The molecule has 1 saturated heterocycles. The summed E-state index contributed by atoms with van der Waals surface area (Å²) in [6.45, 7) is 9.73. The van der Waals surface area contributed by atoms with Crippen LogP contribution in [0, 0.1) is 5.92 Å². The summed E-state index contributed by atoms with van der Waals surface area (Å²) in [6, 6.07) is -0.628. The minimum atomic E-state index is -0.442. The van der Waals surface area contributed by atoms with Gasteiger partial charge in [0.15, 0.2) is 0 Å². The molecule has 0 spiro atoms. The molecule has 1 aliphatic rings. The number of hydrogen-bond acceptors (Lipinski definition) is 5. The van der Waals surface area contributed by atoms with Gasteiger partial charge in [-0.25, -0.2) is 0 Å². The molecule has 1 heterocycles. The highest BCUT2D eigenvalue weighted by atomic mass is 16.5. The number of hydrogen-bond donors (Lipinski definition) is 2. The third-order valence-electron chi connectivity index (χ3n) is 4.38. The zero-order chi connectivity index (χ0) is 17.4. The lowest BCUT2D eigenvalue weighted by Gasteiger charge is -2.38. The lowest BCUT2D eigenvalue weighted by atomic mass is 10.0. The molecule has 1 rings (SSSR count). The van der Waals surface area contributed by atoms with Gasteiger partial charge in [0.1, 0.15) is 0 Å². The van der Waals surface area contributed by atoms with Crippen molar-refractivity contribution in [3.63, 3.8) is 0 Å². The number of ether oxygens (including phenoxy) is 1. The summed E-state index contributed by atoms with van der Waals surface area (Å²) in [5, 5.41) is 2.92. The number of carbonyl (C=O) groups excluding carboxylic acids is 2. The van der Waals surface area contributed by atoms with E-state index in [0.717, 1.165) is 6.42 Å². The maximum absolute atomic E-state index is 12.2. The van der Waals surface area contributed by atoms with E-state index in [1.165, 1.54) is 0 Å². The molecule has 0 radical (unpaired) electrons. The Bertz CT molecular complexity index is 382. The van der Waals surface area contributed by atoms with Gasteiger partial charge in [0.2, 0.25) is 11.8 Å². The van der Waals surface area contributed by atoms with Gasteiger partial charge < -0.3 is 20.7 Å². The van der Waals surface area contributed by atoms with Crippen LogP contribution in [0.3, 0.4) is 0 Å². The molecule has 23 heavy (non-hydrogen) atoms. The van der Waals surface area contributed by atoms with Crippen LogP contribution in [0.4, 0.5) is 0 Å². The van der Waals surface area contributed by atoms with E-state index in [1.807, 2.05) is 25.7 Å². The van der Waals surface area contributed by atoms with E-state index in [4.69, 9.17) is 10.5 Å². The van der Waals surface area contributed by atoms with E-state index in [-0.39, 0.29) is 23.8 Å². The average molecular weight is 328 g/mol. The smallest absolute Gasteiger partial charge is 0.239 e. The van der Waals surface area contributed by atoms with Crippen LogP contribution in [0.2, 0.25) is 0 Å². The van der Waals surface area contributed by atoms with Crippen molar-refractivity contribution in [2.45, 2.75) is 39.3 Å². The number of rotatable bonds is 8. The van der Waals surface area contributed by atoms with E-state index in [1.54, 1.807) is 7.11 Å². The van der Waals surface area contributed by atoms with Crippen LogP contribution in [0.15, 0.2) is 0 Å². The summed E-state index contributed by atoms with van der Waals surface area (Å²) in [7, 11) is 1.65. The van der Waals surface area contributed by atoms with Gasteiger partial charge in [0, 0.05) is 46.4 Å². The van der Waals surface area contributed by atoms with Gasteiger partial charge in [-0.05, 0) is 19.3 Å². The molecule has 134 valence electrons. The number of nitrogens with zero attached hydrogens (tertiary/aromatic N) is 2. The van der Waals surface area contributed by atoms with Crippen LogP contribution in [-0.2, 0) is 14.3 Å². The Balaban J connectivity index is 2.37. The summed E-state index contributed by atoms with van der Waals surface area (Å²) < 4.78 is 4.96. The fourth-order valence-corrected chi connectivity index (χ4v) is 2.57. The summed E-state index contributed by atoms with van der Waals surface area (Å²) >= 11 is 0. The van der Waals surface area contributed by atoms with Gasteiger partial charge in [-0.3, -0.25) is 14.5 Å². The first-order chi connectivity index (χ1) is 10.9. The Morgan fingerprint density at radius 1 is 1.17 bits per heavy atom. The number of nitrogens with two attached hydrogens (primary N) is 1. The number of nitrogens with one attached hydrogen (secondary N) is 1. The highest BCUT2D eigenvalue weighted by Crippen LogP contribution is 2.10. The SMILES string of the molecule is COCCCNC(=O)C(C)N1CCN(C(=O)[C@@H](N)C(C)C)CC1. The molecule has 3 N–H and O–H groups in total. The molecular weight excluding hydrogens is 296 g/mol. The van der Waals surface area contributed by atoms with Crippen molar-refractivity contribution in [2.24, 2.45) is 11.7 Å². The fraction of sp³-hybridized carbons (Fsp3) is 0.875. The summed E-state index contributed by atoms with van der Waals surface area (Å²) in [5.41, 5.74) is 5.93. The topological polar surface area (TPSA) is 87.9 Å². The molecule has 2 amide bonds. The predicted molar refractivity (Wildman–Crippen MR) is 89.9 cm³/mol. The van der Waals surface area contributed by atoms with Crippen molar-refractivity contribution in [1.29, 1.82) is 0 Å². The maximum atomic E-state index is 12.2. The fourth-order valence-electron chi connectivity index (χ4n) is 2.57. The van der Waals surface area contributed by atoms with Crippen molar-refractivity contribution in [3.05, 3.63) is 0 Å². The van der Waals surface area contributed by atoms with Gasteiger partial charge in [0.05, 0.1) is 12.1 Å². The Labute approximate surface area is 139 Å². The Hall–Kier alpha value is -1.18. The molecule has 0 aliphatic carbocycles. The summed E-state index contributed by atoms with van der Waals surface area (Å²) in [5.74, 6) is 0.174. The van der Waals surface area contributed by atoms with Crippen LogP contribution >= 0.6 is 0 Å². The molecule has 0 bridgehead atoms. The molecule has 1 unspecified atom stereocenters. The normalized spacial score (nSPS) is 18.8. The van der Waals surface area contributed by atoms with Gasteiger partial charge >= 0.3 is 0 Å². The highest BCUT2D eigenvalue weighted by molar-refractivity contribution is 5.82. The quantitative estimate of drug-likeness (QED) is 0.595. The molecule has 0 aromatic rings. The first-order valence-electron chi connectivity index (χ1n) is 8.43. The van der Waals surface area contributed by atoms with Crippen LogP contribution < -0.4 is 11.1 Å². The maximum Gasteiger partial charge on any atom is 0.239 e. The lowest BCUT2D eigenvalue weighted by molar-refractivity contribution is -0.136. The molecule has 2 atom stereocenters. The average Bonchev–Trinajstić information content (AvgIpc) is 2.56. The zero-order valence-corrected chi connectivity index (χ0v) is 14.9. The van der Waals surface area contributed by atoms with Crippen LogP contribution in [0.1, 0.15) is 27.2 Å². The van der Waals surface area contributed by atoms with Gasteiger partial charge in [-0.2, -0.15) is 0 Å². The second-order valence-electron chi connectivity index (χ2n) is 6.44. The van der Waals surface area contributed by atoms with Crippen molar-refractivity contribution in [3.8, 4) is 0 Å². The molecule has 0 aromatic heterocycles. The van der Waals surface area contributed by atoms with Crippen molar-refractivity contribution >= 4 is 11.8 Å². The number of methoxy groups -OCH3 is 1. The molecule has 1 aliphatic heterocycles. The van der Waals surface area contributed by atoms with Crippen LogP contribution in [-0.4, -0.2) is 80.1 Å². The molecule has 7 nitrogen and oxygen atoms in total. The standard InChI is InChI=1S/C16H32N4O3/c1-12(2)14(17)16(22)20-9-7-19(8-10-20)13(3)15(21)18-6-5-11-23-4/h12-14H,5-11,17H2,1-4H3,(H,18,21)/t13?,14-/m0/s1. The second-order valence-corrected chi connectivity index (χ2v) is 6.44. The molecule has 1 fully saturated rings. The van der Waals surface area contributed by atoms with Crippen molar-refractivity contribution < 1.29 is 14.3 Å². The van der Waals surface area contributed by atoms with Gasteiger partial charge in [-0.15, -0.1) is 0 Å². The second kappa shape index (κ2) is 9.85. The van der Waals surface area contributed by atoms with Crippen LogP contribution in [0.25, 0.3) is 0 Å². The van der Waals surface area contributed by atoms with E-state index in [9.17, 15) is 9.59 Å². The summed E-state index contributed by atoms with van der Waals surface area (Å²) in [4.78, 5) is 28.3. The minimum Gasteiger partial charge on any atom is -0.385 e. The number of amides is 2. The first kappa shape index (κ1) is 19.9. The Morgan fingerprint density at radius 2 is 1.78 bits per heavy atom. The predicted octanol–water partition coefficient (Wildman–Crippen LogP) is -0.345. The van der Waals surface area contributed by atoms with Crippen LogP contribution in [0.5, 0.6) is 0 Å². The number of carbonyl (C=O) groups is 2. The third kappa shape index (κ3) is 6.08. The first-order valence-corrected chi connectivity index (χ1v) is 8.43. The van der Waals surface area contributed by atoms with Gasteiger partial charge in [0.25, 0.3) is 0 Å². The van der Waals surface area contributed by atoms with E-state index >= 15 is 0 Å². The molecule has 0 aromatic carbocycles. The summed E-state index contributed by atoms with van der Waals surface area (Å²) in [6.07, 6.45) is 0.810. The lowest BCUT2D eigenvalue weighted by Crippen LogP contribution is -2.57. The van der Waals surface area contributed by atoms with Crippen molar-refractivity contribution in [2.75, 3.05) is 46.4 Å². The Kier molecular flexibility index (Phi) is 8.51. The zero-order valence-electron chi connectivity index (χ0n) is 14.9. The molecule has 0 saturated carbocycles. The monoisotopic (exact) mass is 328 g/mol.